The molecule has 1 aliphatic heterocycles. The van der Waals surface area contributed by atoms with Crippen molar-refractivity contribution in [2.75, 3.05) is 18.0 Å². The summed E-state index contributed by atoms with van der Waals surface area (Å²) in [5.41, 5.74) is 1.53. The maximum absolute atomic E-state index is 10.1. The fraction of sp³-hybridized carbons (Fsp3) is 0.421. The van der Waals surface area contributed by atoms with E-state index in [1.54, 1.807) is 12.1 Å². The first-order chi connectivity index (χ1) is 13.6. The van der Waals surface area contributed by atoms with Gasteiger partial charge in [0.15, 0.2) is 11.6 Å². The monoisotopic (exact) mass is 380 g/mol. The van der Waals surface area contributed by atoms with Crippen LogP contribution in [0.4, 0.5) is 5.82 Å². The predicted octanol–water partition coefficient (Wildman–Crippen LogP) is 1.99. The van der Waals surface area contributed by atoms with Crippen molar-refractivity contribution in [1.29, 1.82) is 0 Å². The van der Waals surface area contributed by atoms with Crippen LogP contribution >= 0.6 is 0 Å². The molecule has 0 unspecified atom stereocenters. The highest BCUT2D eigenvalue weighted by atomic mass is 16.3. The predicted molar refractivity (Wildman–Crippen MR) is 105 cm³/mol. The molecule has 1 atom stereocenters. The fourth-order valence-corrected chi connectivity index (χ4v) is 3.55. The smallest absolute Gasteiger partial charge is 0.191 e. The van der Waals surface area contributed by atoms with Gasteiger partial charge in [-0.05, 0) is 38.8 Å². The van der Waals surface area contributed by atoms with Gasteiger partial charge in [-0.25, -0.2) is 9.97 Å². The lowest BCUT2D eigenvalue weighted by Crippen LogP contribution is -2.43. The van der Waals surface area contributed by atoms with E-state index in [2.05, 4.69) is 35.8 Å². The Morgan fingerprint density at radius 1 is 1.21 bits per heavy atom. The Kier molecular flexibility index (Phi) is 5.16. The van der Waals surface area contributed by atoms with Crippen molar-refractivity contribution in [3.8, 4) is 17.1 Å². The van der Waals surface area contributed by atoms with Crippen LogP contribution in [0.15, 0.2) is 30.3 Å². The van der Waals surface area contributed by atoms with Crippen molar-refractivity contribution in [2.24, 2.45) is 0 Å². The number of phenols is 1. The van der Waals surface area contributed by atoms with E-state index in [9.17, 15) is 5.11 Å². The third-order valence-electron chi connectivity index (χ3n) is 5.04. The number of aryl methyl sites for hydroxylation is 1. The zero-order valence-electron chi connectivity index (χ0n) is 16.0. The fourth-order valence-electron chi connectivity index (χ4n) is 3.55. The zero-order valence-corrected chi connectivity index (χ0v) is 16.0. The van der Waals surface area contributed by atoms with E-state index < -0.39 is 0 Å². The summed E-state index contributed by atoms with van der Waals surface area (Å²) in [5.74, 6) is 2.33. The third kappa shape index (κ3) is 3.94. The van der Waals surface area contributed by atoms with Gasteiger partial charge < -0.3 is 15.3 Å². The number of tetrazole rings is 1. The third-order valence-corrected chi connectivity index (χ3v) is 5.04. The van der Waals surface area contributed by atoms with Gasteiger partial charge in [0.2, 0.25) is 0 Å². The SMILES string of the molecule is Cc1cc(N2CCC(N[C@@H](C)c3nn[nH]n3)CC2)nc(-c2ccccc2O)n1. The number of rotatable bonds is 5. The molecule has 0 spiro atoms. The van der Waals surface area contributed by atoms with E-state index in [1.165, 1.54) is 0 Å². The van der Waals surface area contributed by atoms with Crippen LogP contribution in [0.2, 0.25) is 0 Å². The van der Waals surface area contributed by atoms with Gasteiger partial charge >= 0.3 is 0 Å². The normalized spacial score (nSPS) is 16.3. The highest BCUT2D eigenvalue weighted by molar-refractivity contribution is 5.65. The molecule has 0 radical (unpaired) electrons. The van der Waals surface area contributed by atoms with Crippen molar-refractivity contribution >= 4 is 5.82 Å². The summed E-state index contributed by atoms with van der Waals surface area (Å²) in [6, 6.07) is 9.62. The van der Waals surface area contributed by atoms with Crippen molar-refractivity contribution in [2.45, 2.75) is 38.8 Å². The number of piperidine rings is 1. The van der Waals surface area contributed by atoms with Crippen molar-refractivity contribution in [1.82, 2.24) is 35.9 Å². The number of nitrogens with zero attached hydrogens (tertiary/aromatic N) is 6. The molecule has 3 aromatic rings. The molecule has 4 rings (SSSR count). The second kappa shape index (κ2) is 7.89. The highest BCUT2D eigenvalue weighted by Crippen LogP contribution is 2.28. The standard InChI is InChI=1S/C19H24N8O/c1-12-11-17(22-19(20-12)15-5-3-4-6-16(15)28)27-9-7-14(8-10-27)21-13(2)18-23-25-26-24-18/h3-6,11,13-14,21,28H,7-10H2,1-2H3,(H,23,24,25,26)/t13-/m0/s1. The van der Waals surface area contributed by atoms with Gasteiger partial charge in [-0.3, -0.25) is 0 Å². The van der Waals surface area contributed by atoms with Crippen LogP contribution in [0.25, 0.3) is 11.4 Å². The average Bonchev–Trinajstić information content (AvgIpc) is 3.23. The van der Waals surface area contributed by atoms with Gasteiger partial charge in [-0.2, -0.15) is 5.21 Å². The number of aromatic nitrogens is 6. The molecule has 3 N–H and O–H groups in total. The largest absolute Gasteiger partial charge is 0.507 e. The quantitative estimate of drug-likeness (QED) is 0.615. The molecule has 1 aliphatic rings. The summed E-state index contributed by atoms with van der Waals surface area (Å²) in [6.45, 7) is 5.79. The summed E-state index contributed by atoms with van der Waals surface area (Å²) in [5, 5.41) is 27.9. The lowest BCUT2D eigenvalue weighted by molar-refractivity contribution is 0.373. The van der Waals surface area contributed by atoms with E-state index in [0.717, 1.165) is 37.4 Å². The van der Waals surface area contributed by atoms with Gasteiger partial charge in [-0.1, -0.05) is 17.3 Å². The Hall–Kier alpha value is -3.07. The molecule has 0 aliphatic carbocycles. The summed E-state index contributed by atoms with van der Waals surface area (Å²) in [6.07, 6.45) is 1.99. The molecule has 0 saturated carbocycles. The summed E-state index contributed by atoms with van der Waals surface area (Å²) in [4.78, 5) is 11.5. The second-order valence-electron chi connectivity index (χ2n) is 7.13. The van der Waals surface area contributed by atoms with E-state index >= 15 is 0 Å². The molecule has 2 aromatic heterocycles. The number of phenolic OH excluding ortho intramolecular Hbond substituents is 1. The molecular weight excluding hydrogens is 356 g/mol. The van der Waals surface area contributed by atoms with E-state index in [1.807, 2.05) is 32.0 Å². The van der Waals surface area contributed by atoms with Crippen LogP contribution in [0.1, 0.15) is 37.3 Å². The zero-order chi connectivity index (χ0) is 19.5. The van der Waals surface area contributed by atoms with Crippen LogP contribution in [-0.4, -0.2) is 54.8 Å². The van der Waals surface area contributed by atoms with Gasteiger partial charge in [0.1, 0.15) is 11.6 Å². The minimum absolute atomic E-state index is 0.0595. The molecular formula is C19H24N8O. The molecule has 0 bridgehead atoms. The molecule has 9 heteroatoms. The maximum atomic E-state index is 10.1. The molecule has 1 aromatic carbocycles. The molecule has 1 saturated heterocycles. The van der Waals surface area contributed by atoms with E-state index in [0.29, 0.717) is 23.3 Å². The molecule has 146 valence electrons. The number of anilines is 1. The summed E-state index contributed by atoms with van der Waals surface area (Å²) in [7, 11) is 0. The molecule has 28 heavy (non-hydrogen) atoms. The Morgan fingerprint density at radius 2 is 2.00 bits per heavy atom. The van der Waals surface area contributed by atoms with Crippen molar-refractivity contribution in [3.63, 3.8) is 0 Å². The Morgan fingerprint density at radius 3 is 2.71 bits per heavy atom. The first-order valence-electron chi connectivity index (χ1n) is 9.48. The molecule has 9 nitrogen and oxygen atoms in total. The van der Waals surface area contributed by atoms with Crippen LogP contribution in [-0.2, 0) is 0 Å². The maximum Gasteiger partial charge on any atom is 0.191 e. The molecule has 0 amide bonds. The number of hydrogen-bond acceptors (Lipinski definition) is 8. The minimum atomic E-state index is 0.0595. The lowest BCUT2D eigenvalue weighted by atomic mass is 10.0. The Balaban J connectivity index is 1.44. The van der Waals surface area contributed by atoms with Crippen LogP contribution in [0, 0.1) is 6.92 Å². The first kappa shape index (κ1) is 18.3. The Bertz CT molecular complexity index is 921. The molecule has 3 heterocycles. The first-order valence-corrected chi connectivity index (χ1v) is 9.48. The van der Waals surface area contributed by atoms with Gasteiger partial charge in [0.05, 0.1) is 11.6 Å². The number of aromatic amines is 1. The van der Waals surface area contributed by atoms with E-state index in [4.69, 9.17) is 4.98 Å². The molecule has 1 fully saturated rings. The van der Waals surface area contributed by atoms with Crippen molar-refractivity contribution in [3.05, 3.63) is 41.9 Å². The second-order valence-corrected chi connectivity index (χ2v) is 7.13. The van der Waals surface area contributed by atoms with Gasteiger partial charge in [0.25, 0.3) is 0 Å². The summed E-state index contributed by atoms with van der Waals surface area (Å²) < 4.78 is 0. The number of aromatic hydroxyl groups is 1. The minimum Gasteiger partial charge on any atom is -0.507 e. The number of benzene rings is 1. The lowest BCUT2D eigenvalue weighted by Gasteiger charge is -2.34. The highest BCUT2D eigenvalue weighted by Gasteiger charge is 2.23. The van der Waals surface area contributed by atoms with Crippen LogP contribution < -0.4 is 10.2 Å². The number of para-hydroxylation sites is 1. The average molecular weight is 380 g/mol. The summed E-state index contributed by atoms with van der Waals surface area (Å²) >= 11 is 0. The van der Waals surface area contributed by atoms with Crippen LogP contribution in [0.5, 0.6) is 5.75 Å². The van der Waals surface area contributed by atoms with Gasteiger partial charge in [0, 0.05) is 30.9 Å². The Labute approximate surface area is 163 Å². The van der Waals surface area contributed by atoms with Crippen LogP contribution in [0.3, 0.4) is 0 Å². The van der Waals surface area contributed by atoms with Gasteiger partial charge in [-0.15, -0.1) is 10.2 Å². The number of hydrogen-bond donors (Lipinski definition) is 3. The topological polar surface area (TPSA) is 116 Å². The van der Waals surface area contributed by atoms with E-state index in [-0.39, 0.29) is 11.8 Å². The number of nitrogens with one attached hydrogen (secondary N) is 2. The number of H-pyrrole nitrogens is 1. The van der Waals surface area contributed by atoms with Crippen molar-refractivity contribution < 1.29 is 5.11 Å².